The Hall–Kier alpha value is -1.95. The third-order valence-electron chi connectivity index (χ3n) is 2.98. The van der Waals surface area contributed by atoms with E-state index in [1.807, 2.05) is 11.0 Å². The van der Waals surface area contributed by atoms with Gasteiger partial charge in [-0.25, -0.2) is 4.39 Å². The third kappa shape index (κ3) is 2.84. The number of halogens is 1. The molecule has 1 atom stereocenters. The zero-order valence-corrected chi connectivity index (χ0v) is 9.86. The van der Waals surface area contributed by atoms with Crippen molar-refractivity contribution in [3.05, 3.63) is 35.1 Å². The third-order valence-corrected chi connectivity index (χ3v) is 2.98. The van der Waals surface area contributed by atoms with E-state index < -0.39 is 5.82 Å². The van der Waals surface area contributed by atoms with Crippen molar-refractivity contribution in [1.82, 2.24) is 10.2 Å². The standard InChI is InChI=1S/C13H13FN4/c14-12-4-10(6-15)3-11(5-12)9-18-2-1-17-8-13(18)7-16/h3-5,13,17H,1-2,8-9H2. The van der Waals surface area contributed by atoms with Crippen LogP contribution in [-0.4, -0.2) is 30.6 Å². The number of rotatable bonds is 2. The molecule has 0 bridgehead atoms. The molecule has 4 nitrogen and oxygen atoms in total. The molecule has 1 N–H and O–H groups in total. The fourth-order valence-corrected chi connectivity index (χ4v) is 2.10. The van der Waals surface area contributed by atoms with Crippen molar-refractivity contribution >= 4 is 0 Å². The van der Waals surface area contributed by atoms with Crippen molar-refractivity contribution < 1.29 is 4.39 Å². The van der Waals surface area contributed by atoms with Gasteiger partial charge in [0, 0.05) is 26.2 Å². The molecule has 92 valence electrons. The minimum Gasteiger partial charge on any atom is -0.313 e. The van der Waals surface area contributed by atoms with Crippen molar-refractivity contribution in [2.75, 3.05) is 19.6 Å². The summed E-state index contributed by atoms with van der Waals surface area (Å²) in [4.78, 5) is 1.99. The predicted molar refractivity (Wildman–Crippen MR) is 63.8 cm³/mol. The summed E-state index contributed by atoms with van der Waals surface area (Å²) in [5.41, 5.74) is 1.04. The maximum absolute atomic E-state index is 13.3. The molecule has 18 heavy (non-hydrogen) atoms. The van der Waals surface area contributed by atoms with Gasteiger partial charge in [0.05, 0.1) is 17.7 Å². The molecule has 1 aromatic rings. The normalized spacial score (nSPS) is 20.1. The van der Waals surface area contributed by atoms with Gasteiger partial charge in [-0.05, 0) is 23.8 Å². The Morgan fingerprint density at radius 1 is 1.39 bits per heavy atom. The molecule has 1 aromatic carbocycles. The van der Waals surface area contributed by atoms with E-state index in [1.165, 1.54) is 12.1 Å². The molecule has 1 heterocycles. The second-order valence-electron chi connectivity index (χ2n) is 4.28. The molecular formula is C13H13FN4. The van der Waals surface area contributed by atoms with E-state index in [9.17, 15) is 4.39 Å². The quantitative estimate of drug-likeness (QED) is 0.842. The van der Waals surface area contributed by atoms with Crippen LogP contribution >= 0.6 is 0 Å². The summed E-state index contributed by atoms with van der Waals surface area (Å²) in [5, 5.41) is 21.0. The average molecular weight is 244 g/mol. The molecule has 0 amide bonds. The molecule has 1 aliphatic heterocycles. The van der Waals surface area contributed by atoms with Gasteiger partial charge >= 0.3 is 0 Å². The SMILES string of the molecule is N#Cc1cc(F)cc(CN2CCNCC2C#N)c1. The van der Waals surface area contributed by atoms with Crippen LogP contribution < -0.4 is 5.32 Å². The van der Waals surface area contributed by atoms with Crippen molar-refractivity contribution in [3.63, 3.8) is 0 Å². The van der Waals surface area contributed by atoms with Crippen LogP contribution in [-0.2, 0) is 6.54 Å². The smallest absolute Gasteiger partial charge is 0.124 e. The Morgan fingerprint density at radius 2 is 2.22 bits per heavy atom. The fraction of sp³-hybridized carbons (Fsp3) is 0.385. The highest BCUT2D eigenvalue weighted by Gasteiger charge is 2.21. The van der Waals surface area contributed by atoms with Crippen LogP contribution in [0, 0.1) is 28.5 Å². The molecule has 0 aromatic heterocycles. The van der Waals surface area contributed by atoms with Gasteiger partial charge in [0.2, 0.25) is 0 Å². The molecule has 0 spiro atoms. The first-order chi connectivity index (χ1) is 8.72. The summed E-state index contributed by atoms with van der Waals surface area (Å²) in [6.07, 6.45) is 0. The number of benzene rings is 1. The highest BCUT2D eigenvalue weighted by molar-refractivity contribution is 5.33. The zero-order valence-electron chi connectivity index (χ0n) is 9.86. The van der Waals surface area contributed by atoms with Crippen LogP contribution in [0.5, 0.6) is 0 Å². The second kappa shape index (κ2) is 5.59. The van der Waals surface area contributed by atoms with Crippen molar-refractivity contribution in [1.29, 1.82) is 10.5 Å². The van der Waals surface area contributed by atoms with Gasteiger partial charge < -0.3 is 5.32 Å². The number of hydrogen-bond donors (Lipinski definition) is 1. The molecule has 1 unspecified atom stereocenters. The predicted octanol–water partition coefficient (Wildman–Crippen LogP) is 0.995. The Kier molecular flexibility index (Phi) is 3.88. The van der Waals surface area contributed by atoms with Crippen LogP contribution in [0.1, 0.15) is 11.1 Å². The summed E-state index contributed by atoms with van der Waals surface area (Å²) < 4.78 is 13.3. The summed E-state index contributed by atoms with van der Waals surface area (Å²) in [6.45, 7) is 2.68. The number of nitrogens with one attached hydrogen (secondary N) is 1. The monoisotopic (exact) mass is 244 g/mol. The summed E-state index contributed by atoms with van der Waals surface area (Å²) in [5.74, 6) is -0.410. The largest absolute Gasteiger partial charge is 0.313 e. The van der Waals surface area contributed by atoms with Crippen molar-refractivity contribution in [2.45, 2.75) is 12.6 Å². The van der Waals surface area contributed by atoms with Gasteiger partial charge in [-0.2, -0.15) is 10.5 Å². The Morgan fingerprint density at radius 3 is 2.94 bits per heavy atom. The molecule has 1 fully saturated rings. The number of nitriles is 2. The maximum Gasteiger partial charge on any atom is 0.124 e. The lowest BCUT2D eigenvalue weighted by Gasteiger charge is -2.31. The van der Waals surface area contributed by atoms with Crippen molar-refractivity contribution in [3.8, 4) is 12.1 Å². The first-order valence-electron chi connectivity index (χ1n) is 5.77. The number of hydrogen-bond acceptors (Lipinski definition) is 4. The fourth-order valence-electron chi connectivity index (χ4n) is 2.10. The van der Waals surface area contributed by atoms with Gasteiger partial charge in [-0.1, -0.05) is 0 Å². The van der Waals surface area contributed by atoms with E-state index >= 15 is 0 Å². The average Bonchev–Trinajstić information content (AvgIpc) is 2.38. The molecule has 1 aliphatic rings. The van der Waals surface area contributed by atoms with E-state index in [2.05, 4.69) is 11.4 Å². The molecule has 0 radical (unpaired) electrons. The Labute approximate surface area is 105 Å². The number of piperazine rings is 1. The van der Waals surface area contributed by atoms with Crippen LogP contribution in [0.4, 0.5) is 4.39 Å². The summed E-state index contributed by atoms with van der Waals surface area (Å²) in [7, 11) is 0. The molecule has 1 saturated heterocycles. The molecule has 0 aliphatic carbocycles. The van der Waals surface area contributed by atoms with E-state index in [0.717, 1.165) is 18.7 Å². The minimum atomic E-state index is -0.410. The van der Waals surface area contributed by atoms with Crippen LogP contribution in [0.2, 0.25) is 0 Å². The van der Waals surface area contributed by atoms with E-state index in [-0.39, 0.29) is 6.04 Å². The molecule has 2 rings (SSSR count). The van der Waals surface area contributed by atoms with Gasteiger partial charge in [0.1, 0.15) is 11.9 Å². The molecule has 0 saturated carbocycles. The van der Waals surface area contributed by atoms with Gasteiger partial charge in [-0.15, -0.1) is 0 Å². The number of nitrogens with zero attached hydrogens (tertiary/aromatic N) is 3. The van der Waals surface area contributed by atoms with Crippen molar-refractivity contribution in [2.24, 2.45) is 0 Å². The highest BCUT2D eigenvalue weighted by atomic mass is 19.1. The zero-order chi connectivity index (χ0) is 13.0. The Balaban J connectivity index is 2.16. The topological polar surface area (TPSA) is 62.9 Å². The van der Waals surface area contributed by atoms with Gasteiger partial charge in [-0.3, -0.25) is 4.90 Å². The van der Waals surface area contributed by atoms with E-state index in [0.29, 0.717) is 18.7 Å². The summed E-state index contributed by atoms with van der Waals surface area (Å²) >= 11 is 0. The minimum absolute atomic E-state index is 0.201. The van der Waals surface area contributed by atoms with Gasteiger partial charge in [0.25, 0.3) is 0 Å². The van der Waals surface area contributed by atoms with Crippen LogP contribution in [0.3, 0.4) is 0 Å². The highest BCUT2D eigenvalue weighted by Crippen LogP contribution is 2.13. The Bertz CT molecular complexity index is 515. The van der Waals surface area contributed by atoms with E-state index in [4.69, 9.17) is 10.5 Å². The lowest BCUT2D eigenvalue weighted by atomic mass is 10.1. The van der Waals surface area contributed by atoms with Gasteiger partial charge in [0.15, 0.2) is 0 Å². The lowest BCUT2D eigenvalue weighted by Crippen LogP contribution is -2.49. The summed E-state index contributed by atoms with van der Waals surface area (Å²) in [6, 6.07) is 8.25. The first kappa shape index (κ1) is 12.5. The molecule has 5 heteroatoms. The first-order valence-corrected chi connectivity index (χ1v) is 5.77. The van der Waals surface area contributed by atoms with Crippen LogP contribution in [0.25, 0.3) is 0 Å². The van der Waals surface area contributed by atoms with Crippen LogP contribution in [0.15, 0.2) is 18.2 Å². The maximum atomic E-state index is 13.3. The second-order valence-corrected chi connectivity index (χ2v) is 4.28. The molecular weight excluding hydrogens is 231 g/mol. The lowest BCUT2D eigenvalue weighted by molar-refractivity contribution is 0.189. The van der Waals surface area contributed by atoms with E-state index in [1.54, 1.807) is 6.07 Å².